The molecule has 1 saturated heterocycles. The maximum atomic E-state index is 5.81. The highest BCUT2D eigenvalue weighted by molar-refractivity contribution is 5.11. The fourth-order valence-corrected chi connectivity index (χ4v) is 3.28. The van der Waals surface area contributed by atoms with Crippen LogP contribution in [-0.2, 0) is 21.4 Å². The Kier molecular flexibility index (Phi) is 4.08. The maximum Gasteiger partial charge on any atom is 0.168 e. The molecule has 3 rings (SSSR count). The van der Waals surface area contributed by atoms with E-state index >= 15 is 0 Å². The molecule has 0 unspecified atom stereocenters. The molecule has 5 heteroatoms. The standard InChI is InChI=1S/C17H29N3O2/c1-15(2,3)13-11-18-14(20-13)12-19-16(4)5-7-17(8-6-16)21-9-10-22-17/h11,19H,5-10,12H2,1-4H3,(H,18,20). The Bertz CT molecular complexity index is 502. The van der Waals surface area contributed by atoms with Gasteiger partial charge in [0.2, 0.25) is 0 Å². The Morgan fingerprint density at radius 1 is 1.18 bits per heavy atom. The van der Waals surface area contributed by atoms with E-state index in [2.05, 4.69) is 43.0 Å². The molecular formula is C17H29N3O2. The first-order valence-corrected chi connectivity index (χ1v) is 8.38. The lowest BCUT2D eigenvalue weighted by Gasteiger charge is -2.42. The van der Waals surface area contributed by atoms with Gasteiger partial charge in [0.1, 0.15) is 5.82 Å². The number of aromatic amines is 1. The van der Waals surface area contributed by atoms with Crippen molar-refractivity contribution in [1.82, 2.24) is 15.3 Å². The smallest absolute Gasteiger partial charge is 0.168 e. The van der Waals surface area contributed by atoms with E-state index in [4.69, 9.17) is 9.47 Å². The minimum Gasteiger partial charge on any atom is -0.348 e. The number of nitrogens with one attached hydrogen (secondary N) is 2. The van der Waals surface area contributed by atoms with Crippen LogP contribution in [0, 0.1) is 0 Å². The third-order valence-corrected chi connectivity index (χ3v) is 5.05. The van der Waals surface area contributed by atoms with Crippen LogP contribution in [-0.4, -0.2) is 34.5 Å². The third kappa shape index (κ3) is 3.36. The Morgan fingerprint density at radius 2 is 1.82 bits per heavy atom. The molecule has 1 spiro atoms. The molecule has 22 heavy (non-hydrogen) atoms. The van der Waals surface area contributed by atoms with Gasteiger partial charge in [0, 0.05) is 35.7 Å². The maximum absolute atomic E-state index is 5.81. The molecule has 0 aromatic carbocycles. The number of ether oxygens (including phenoxy) is 2. The molecule has 1 saturated carbocycles. The first kappa shape index (κ1) is 16.0. The molecule has 124 valence electrons. The Morgan fingerprint density at radius 3 is 2.36 bits per heavy atom. The second kappa shape index (κ2) is 5.62. The van der Waals surface area contributed by atoms with Gasteiger partial charge < -0.3 is 19.8 Å². The lowest BCUT2D eigenvalue weighted by molar-refractivity contribution is -0.185. The van der Waals surface area contributed by atoms with Crippen LogP contribution in [0.15, 0.2) is 6.20 Å². The fourth-order valence-electron chi connectivity index (χ4n) is 3.28. The summed E-state index contributed by atoms with van der Waals surface area (Å²) in [5.74, 6) is 0.727. The summed E-state index contributed by atoms with van der Waals surface area (Å²) >= 11 is 0. The minimum absolute atomic E-state index is 0.115. The third-order valence-electron chi connectivity index (χ3n) is 5.05. The van der Waals surface area contributed by atoms with E-state index < -0.39 is 0 Å². The topological polar surface area (TPSA) is 59.2 Å². The molecule has 2 heterocycles. The molecule has 0 amide bonds. The Labute approximate surface area is 133 Å². The number of hydrogen-bond acceptors (Lipinski definition) is 4. The van der Waals surface area contributed by atoms with Crippen molar-refractivity contribution in [2.45, 2.75) is 76.7 Å². The van der Waals surface area contributed by atoms with Gasteiger partial charge in [-0.05, 0) is 19.8 Å². The van der Waals surface area contributed by atoms with Crippen molar-refractivity contribution in [2.75, 3.05) is 13.2 Å². The molecule has 0 bridgehead atoms. The second-order valence-corrected chi connectivity index (χ2v) is 8.02. The molecule has 1 aliphatic carbocycles. The lowest BCUT2D eigenvalue weighted by atomic mass is 9.80. The van der Waals surface area contributed by atoms with Crippen LogP contribution in [0.1, 0.15) is 64.9 Å². The van der Waals surface area contributed by atoms with Crippen molar-refractivity contribution in [3.63, 3.8) is 0 Å². The van der Waals surface area contributed by atoms with Gasteiger partial charge >= 0.3 is 0 Å². The Balaban J connectivity index is 1.54. The number of rotatable bonds is 3. The predicted molar refractivity (Wildman–Crippen MR) is 85.6 cm³/mol. The van der Waals surface area contributed by atoms with Crippen LogP contribution in [0.2, 0.25) is 0 Å². The first-order chi connectivity index (χ1) is 10.3. The largest absolute Gasteiger partial charge is 0.348 e. The number of imidazole rings is 1. The van der Waals surface area contributed by atoms with Crippen molar-refractivity contribution < 1.29 is 9.47 Å². The van der Waals surface area contributed by atoms with Crippen molar-refractivity contribution in [2.24, 2.45) is 0 Å². The summed E-state index contributed by atoms with van der Waals surface area (Å²) in [7, 11) is 0. The van der Waals surface area contributed by atoms with Crippen LogP contribution in [0.4, 0.5) is 0 Å². The summed E-state index contributed by atoms with van der Waals surface area (Å²) in [5.41, 5.74) is 1.43. The summed E-state index contributed by atoms with van der Waals surface area (Å²) in [6.45, 7) is 11.1. The molecule has 1 aromatic rings. The van der Waals surface area contributed by atoms with E-state index in [9.17, 15) is 0 Å². The van der Waals surface area contributed by atoms with E-state index in [-0.39, 0.29) is 16.7 Å². The lowest BCUT2D eigenvalue weighted by Crippen LogP contribution is -2.50. The van der Waals surface area contributed by atoms with E-state index in [0.29, 0.717) is 0 Å². The molecule has 1 aromatic heterocycles. The highest BCUT2D eigenvalue weighted by Crippen LogP contribution is 2.40. The molecule has 5 nitrogen and oxygen atoms in total. The zero-order chi connectivity index (χ0) is 15.8. The fraction of sp³-hybridized carbons (Fsp3) is 0.824. The summed E-state index contributed by atoms with van der Waals surface area (Å²) in [6.07, 6.45) is 6.04. The normalized spacial score (nSPS) is 24.0. The summed E-state index contributed by atoms with van der Waals surface area (Å²) in [4.78, 5) is 7.94. The van der Waals surface area contributed by atoms with Gasteiger partial charge in [-0.2, -0.15) is 0 Å². The summed E-state index contributed by atoms with van der Waals surface area (Å²) in [5, 5.41) is 3.68. The van der Waals surface area contributed by atoms with Crippen LogP contribution in [0.3, 0.4) is 0 Å². The van der Waals surface area contributed by atoms with Gasteiger partial charge in [-0.1, -0.05) is 20.8 Å². The van der Waals surface area contributed by atoms with E-state index in [1.165, 1.54) is 5.69 Å². The molecule has 2 aliphatic rings. The molecule has 0 atom stereocenters. The number of hydrogen-bond donors (Lipinski definition) is 2. The van der Waals surface area contributed by atoms with E-state index in [1.807, 2.05) is 6.20 Å². The SMILES string of the molecule is CC1(NCc2ncc(C(C)(C)C)[nH]2)CCC2(CC1)OCCO2. The highest BCUT2D eigenvalue weighted by Gasteiger charge is 2.44. The molecule has 2 fully saturated rings. The summed E-state index contributed by atoms with van der Waals surface area (Å²) < 4.78 is 11.6. The van der Waals surface area contributed by atoms with E-state index in [0.717, 1.165) is 51.3 Å². The van der Waals surface area contributed by atoms with Gasteiger partial charge in [-0.3, -0.25) is 0 Å². The predicted octanol–water partition coefficient (Wildman–Crippen LogP) is 2.87. The molecule has 0 radical (unpaired) electrons. The van der Waals surface area contributed by atoms with E-state index in [1.54, 1.807) is 0 Å². The Hall–Kier alpha value is -0.910. The molecule has 2 N–H and O–H groups in total. The van der Waals surface area contributed by atoms with Crippen LogP contribution in [0.5, 0.6) is 0 Å². The highest BCUT2D eigenvalue weighted by atomic mass is 16.7. The second-order valence-electron chi connectivity index (χ2n) is 8.02. The van der Waals surface area contributed by atoms with Crippen LogP contribution in [0.25, 0.3) is 0 Å². The monoisotopic (exact) mass is 307 g/mol. The average Bonchev–Trinajstić information content (AvgIpc) is 3.10. The number of H-pyrrole nitrogens is 1. The van der Waals surface area contributed by atoms with Crippen LogP contribution < -0.4 is 5.32 Å². The number of nitrogens with zero attached hydrogens (tertiary/aromatic N) is 1. The van der Waals surface area contributed by atoms with Gasteiger partial charge in [0.15, 0.2) is 5.79 Å². The van der Waals surface area contributed by atoms with Crippen LogP contribution >= 0.6 is 0 Å². The van der Waals surface area contributed by atoms with Crippen molar-refractivity contribution in [3.05, 3.63) is 17.7 Å². The van der Waals surface area contributed by atoms with Crippen molar-refractivity contribution in [1.29, 1.82) is 0 Å². The quantitative estimate of drug-likeness (QED) is 0.901. The molecular weight excluding hydrogens is 278 g/mol. The molecule has 1 aliphatic heterocycles. The zero-order valence-corrected chi connectivity index (χ0v) is 14.3. The number of aromatic nitrogens is 2. The van der Waals surface area contributed by atoms with Gasteiger partial charge in [-0.15, -0.1) is 0 Å². The minimum atomic E-state index is -0.286. The first-order valence-electron chi connectivity index (χ1n) is 8.38. The summed E-state index contributed by atoms with van der Waals surface area (Å²) in [6, 6.07) is 0. The zero-order valence-electron chi connectivity index (χ0n) is 14.3. The van der Waals surface area contributed by atoms with Gasteiger partial charge in [0.25, 0.3) is 0 Å². The van der Waals surface area contributed by atoms with Crippen molar-refractivity contribution >= 4 is 0 Å². The van der Waals surface area contributed by atoms with Crippen molar-refractivity contribution in [3.8, 4) is 0 Å². The van der Waals surface area contributed by atoms with Gasteiger partial charge in [-0.25, -0.2) is 4.98 Å². The average molecular weight is 307 g/mol. The van der Waals surface area contributed by atoms with Gasteiger partial charge in [0.05, 0.1) is 19.8 Å².